The molecule has 2 heterocycles. The molecule has 1 aromatic heterocycles. The lowest BCUT2D eigenvalue weighted by molar-refractivity contribution is 0.100. The van der Waals surface area contributed by atoms with Crippen molar-refractivity contribution in [2.75, 3.05) is 6.79 Å². The summed E-state index contributed by atoms with van der Waals surface area (Å²) in [6, 6.07) is 20.7. The van der Waals surface area contributed by atoms with Gasteiger partial charge < -0.3 is 19.8 Å². The number of carbonyl (C=O) groups excluding carboxylic acids is 2. The van der Waals surface area contributed by atoms with Crippen LogP contribution in [0, 0.1) is 0 Å². The molecule has 0 atom stereocenters. The van der Waals surface area contributed by atoms with E-state index < -0.39 is 5.91 Å². The van der Waals surface area contributed by atoms with E-state index in [0.29, 0.717) is 29.2 Å². The van der Waals surface area contributed by atoms with E-state index in [1.54, 1.807) is 12.1 Å². The average Bonchev–Trinajstić information content (AvgIpc) is 3.36. The molecule has 0 saturated carbocycles. The van der Waals surface area contributed by atoms with Crippen molar-refractivity contribution in [3.05, 3.63) is 83.4 Å². The van der Waals surface area contributed by atoms with Crippen LogP contribution in [0.3, 0.4) is 0 Å². The van der Waals surface area contributed by atoms with Gasteiger partial charge >= 0.3 is 0 Å². The molecule has 1 aliphatic heterocycles. The normalized spacial score (nSPS) is 12.3. The molecule has 3 aromatic carbocycles. The van der Waals surface area contributed by atoms with Gasteiger partial charge in [0.15, 0.2) is 11.5 Å². The van der Waals surface area contributed by atoms with Gasteiger partial charge in [-0.25, -0.2) is 0 Å². The molecular weight excluding hydrogens is 380 g/mol. The van der Waals surface area contributed by atoms with Crippen molar-refractivity contribution in [2.24, 2.45) is 5.73 Å². The third kappa shape index (κ3) is 2.90. The Kier molecular flexibility index (Phi) is 4.25. The molecule has 0 fully saturated rings. The number of amides is 1. The Labute approximate surface area is 172 Å². The Morgan fingerprint density at radius 1 is 1.00 bits per heavy atom. The number of ether oxygens (including phenoxy) is 2. The van der Waals surface area contributed by atoms with Gasteiger partial charge in [0.05, 0.1) is 11.3 Å². The summed E-state index contributed by atoms with van der Waals surface area (Å²) in [6.45, 7) is 0.685. The van der Waals surface area contributed by atoms with Crippen molar-refractivity contribution in [1.82, 2.24) is 4.57 Å². The first-order chi connectivity index (χ1) is 14.7. The molecule has 1 aliphatic rings. The van der Waals surface area contributed by atoms with Gasteiger partial charge in [0.1, 0.15) is 6.29 Å². The van der Waals surface area contributed by atoms with E-state index in [2.05, 4.69) is 4.57 Å². The molecule has 0 unspecified atom stereocenters. The van der Waals surface area contributed by atoms with Crippen LogP contribution in [0.25, 0.3) is 22.2 Å². The highest BCUT2D eigenvalue weighted by atomic mass is 16.7. The molecule has 4 aromatic rings. The van der Waals surface area contributed by atoms with Crippen LogP contribution < -0.4 is 15.2 Å². The Balaban J connectivity index is 1.74. The quantitative estimate of drug-likeness (QED) is 0.515. The van der Waals surface area contributed by atoms with Crippen LogP contribution >= 0.6 is 0 Å². The van der Waals surface area contributed by atoms with E-state index >= 15 is 0 Å². The number of nitrogens with two attached hydrogens (primary N) is 1. The number of benzene rings is 3. The molecule has 0 spiro atoms. The minimum atomic E-state index is -0.492. The van der Waals surface area contributed by atoms with Gasteiger partial charge in [-0.2, -0.15) is 0 Å². The molecule has 5 rings (SSSR count). The van der Waals surface area contributed by atoms with Crippen LogP contribution in [0.2, 0.25) is 0 Å². The van der Waals surface area contributed by atoms with Crippen molar-refractivity contribution < 1.29 is 19.1 Å². The van der Waals surface area contributed by atoms with Crippen LogP contribution in [0.1, 0.15) is 26.3 Å². The van der Waals surface area contributed by atoms with E-state index in [0.717, 1.165) is 34.0 Å². The molecule has 6 nitrogen and oxygen atoms in total. The number of carbonyl (C=O) groups is 2. The lowest BCUT2D eigenvalue weighted by atomic mass is 10.0. The summed E-state index contributed by atoms with van der Waals surface area (Å²) in [4.78, 5) is 23.5. The number of aromatic nitrogens is 1. The maximum atomic E-state index is 12.5. The molecule has 0 saturated heterocycles. The van der Waals surface area contributed by atoms with Crippen LogP contribution in [0.15, 0.2) is 66.7 Å². The summed E-state index contributed by atoms with van der Waals surface area (Å²) in [5.41, 5.74) is 10.3. The van der Waals surface area contributed by atoms with E-state index in [1.165, 1.54) is 0 Å². The van der Waals surface area contributed by atoms with Gasteiger partial charge in [-0.05, 0) is 29.8 Å². The van der Waals surface area contributed by atoms with Crippen LogP contribution in [-0.4, -0.2) is 23.6 Å². The summed E-state index contributed by atoms with van der Waals surface area (Å²) >= 11 is 0. The molecule has 30 heavy (non-hydrogen) atoms. The second-order valence-electron chi connectivity index (χ2n) is 7.12. The van der Waals surface area contributed by atoms with Gasteiger partial charge in [-0.15, -0.1) is 0 Å². The zero-order valence-corrected chi connectivity index (χ0v) is 16.0. The van der Waals surface area contributed by atoms with E-state index in [4.69, 9.17) is 15.2 Å². The summed E-state index contributed by atoms with van der Waals surface area (Å²) in [5, 5.41) is 0.794. The first-order valence-electron chi connectivity index (χ1n) is 9.51. The zero-order chi connectivity index (χ0) is 20.7. The van der Waals surface area contributed by atoms with E-state index in [1.807, 2.05) is 54.6 Å². The first kappa shape index (κ1) is 18.0. The minimum absolute atomic E-state index is 0.174. The van der Waals surface area contributed by atoms with Crippen molar-refractivity contribution in [1.29, 1.82) is 0 Å². The number of rotatable bonds is 5. The fourth-order valence-electron chi connectivity index (χ4n) is 3.95. The van der Waals surface area contributed by atoms with Gasteiger partial charge in [0.25, 0.3) is 5.91 Å². The Bertz CT molecular complexity index is 1290. The average molecular weight is 398 g/mol. The topological polar surface area (TPSA) is 83.6 Å². The molecule has 0 aliphatic carbocycles. The highest BCUT2D eigenvalue weighted by Crippen LogP contribution is 2.40. The lowest BCUT2D eigenvalue weighted by Gasteiger charge is -2.13. The summed E-state index contributed by atoms with van der Waals surface area (Å²) in [7, 11) is 0. The predicted molar refractivity (Wildman–Crippen MR) is 113 cm³/mol. The summed E-state index contributed by atoms with van der Waals surface area (Å²) in [5.74, 6) is 0.815. The van der Waals surface area contributed by atoms with Crippen molar-refractivity contribution in [2.45, 2.75) is 6.54 Å². The van der Waals surface area contributed by atoms with Gasteiger partial charge in [0, 0.05) is 28.6 Å². The number of primary amides is 1. The minimum Gasteiger partial charge on any atom is -0.454 e. The van der Waals surface area contributed by atoms with Gasteiger partial charge in [0.2, 0.25) is 6.79 Å². The predicted octanol–water partition coefficient (Wildman–Crippen LogP) is 4.00. The summed E-state index contributed by atoms with van der Waals surface area (Å²) in [6.07, 6.45) is 0.818. The van der Waals surface area contributed by atoms with Crippen LogP contribution in [-0.2, 0) is 6.54 Å². The molecule has 1 amide bonds. The number of hydrogen-bond donors (Lipinski definition) is 1. The Morgan fingerprint density at radius 2 is 1.77 bits per heavy atom. The fraction of sp³-hybridized carbons (Fsp3) is 0.0833. The number of fused-ring (bicyclic) bond motifs is 2. The maximum absolute atomic E-state index is 12.5. The fourth-order valence-corrected chi connectivity index (χ4v) is 3.95. The Hall–Kier alpha value is -4.06. The molecule has 148 valence electrons. The van der Waals surface area contributed by atoms with Crippen LogP contribution in [0.4, 0.5) is 0 Å². The SMILES string of the molecule is NC(=O)c1c(-c2ccc3c(c2)OCO3)n(Cc2ccc(C=O)cc2)c2ccccc12. The first-order valence-corrected chi connectivity index (χ1v) is 9.51. The molecule has 6 heteroatoms. The molecule has 0 bridgehead atoms. The number of hydrogen-bond acceptors (Lipinski definition) is 4. The highest BCUT2D eigenvalue weighted by Gasteiger charge is 2.24. The standard InChI is InChI=1S/C24H18N2O4/c25-24(28)22-18-3-1-2-4-19(18)26(12-15-5-7-16(13-27)8-6-15)23(22)17-9-10-20-21(11-17)30-14-29-20/h1-11,13H,12,14H2,(H2,25,28). The van der Waals surface area contributed by atoms with Gasteiger partial charge in [-0.3, -0.25) is 9.59 Å². The van der Waals surface area contributed by atoms with Crippen LogP contribution in [0.5, 0.6) is 11.5 Å². The zero-order valence-electron chi connectivity index (χ0n) is 16.0. The largest absolute Gasteiger partial charge is 0.454 e. The summed E-state index contributed by atoms with van der Waals surface area (Å²) < 4.78 is 13.0. The number of para-hydroxylation sites is 1. The molecule has 2 N–H and O–H groups in total. The maximum Gasteiger partial charge on any atom is 0.251 e. The number of aldehydes is 1. The van der Waals surface area contributed by atoms with E-state index in [9.17, 15) is 9.59 Å². The third-order valence-corrected chi connectivity index (χ3v) is 5.32. The van der Waals surface area contributed by atoms with Crippen molar-refractivity contribution >= 4 is 23.1 Å². The lowest BCUT2D eigenvalue weighted by Crippen LogP contribution is -2.13. The van der Waals surface area contributed by atoms with E-state index in [-0.39, 0.29) is 6.79 Å². The molecule has 0 radical (unpaired) electrons. The smallest absolute Gasteiger partial charge is 0.251 e. The third-order valence-electron chi connectivity index (χ3n) is 5.32. The van der Waals surface area contributed by atoms with Crippen molar-refractivity contribution in [3.8, 4) is 22.8 Å². The van der Waals surface area contributed by atoms with Gasteiger partial charge in [-0.1, -0.05) is 42.5 Å². The highest BCUT2D eigenvalue weighted by molar-refractivity contribution is 6.12. The monoisotopic (exact) mass is 398 g/mol. The second-order valence-corrected chi connectivity index (χ2v) is 7.12. The van der Waals surface area contributed by atoms with Crippen molar-refractivity contribution in [3.63, 3.8) is 0 Å². The molecular formula is C24H18N2O4. The second kappa shape index (κ2) is 7.08. The Morgan fingerprint density at radius 3 is 2.53 bits per heavy atom. The number of nitrogens with zero attached hydrogens (tertiary/aromatic N) is 1.